The normalized spacial score (nSPS) is 15.1. The van der Waals surface area contributed by atoms with E-state index in [1.165, 1.54) is 0 Å². The number of ether oxygens (including phenoxy) is 1. The van der Waals surface area contributed by atoms with Crippen molar-refractivity contribution in [3.63, 3.8) is 0 Å². The van der Waals surface area contributed by atoms with Crippen LogP contribution in [-0.4, -0.2) is 60.5 Å². The number of hydrogen-bond acceptors (Lipinski definition) is 6. The van der Waals surface area contributed by atoms with E-state index < -0.39 is 0 Å². The van der Waals surface area contributed by atoms with E-state index in [1.54, 1.807) is 7.11 Å². The van der Waals surface area contributed by atoms with E-state index in [1.807, 2.05) is 42.5 Å². The van der Waals surface area contributed by atoms with Gasteiger partial charge in [-0.25, -0.2) is 4.98 Å². The lowest BCUT2D eigenvalue weighted by atomic mass is 10.1. The summed E-state index contributed by atoms with van der Waals surface area (Å²) < 4.78 is 11.5. The lowest BCUT2D eigenvalue weighted by Gasteiger charge is -2.20. The number of anilines is 1. The number of benzene rings is 2. The molecule has 2 aromatic carbocycles. The number of hydrogen-bond donors (Lipinski definition) is 1. The third kappa shape index (κ3) is 6.24. The zero-order chi connectivity index (χ0) is 23.8. The molecule has 1 amide bonds. The SMILES string of the molecule is CCCc1oc(CN2CCCN(CC(=O)Nc3ccccc3OC)CC2)nc1-c1ccccc1. The Kier molecular flexibility index (Phi) is 8.33. The van der Waals surface area contributed by atoms with E-state index in [2.05, 4.69) is 34.2 Å². The summed E-state index contributed by atoms with van der Waals surface area (Å²) in [5.41, 5.74) is 2.76. The van der Waals surface area contributed by atoms with Gasteiger partial charge in [-0.1, -0.05) is 49.4 Å². The monoisotopic (exact) mass is 462 g/mol. The van der Waals surface area contributed by atoms with Crippen LogP contribution in [0.4, 0.5) is 5.69 Å². The van der Waals surface area contributed by atoms with Crippen LogP contribution in [-0.2, 0) is 17.8 Å². The van der Waals surface area contributed by atoms with Crippen LogP contribution in [0.2, 0.25) is 0 Å². The third-order valence-electron chi connectivity index (χ3n) is 6.05. The van der Waals surface area contributed by atoms with Gasteiger partial charge in [-0.3, -0.25) is 14.6 Å². The number of nitrogens with zero attached hydrogens (tertiary/aromatic N) is 3. The van der Waals surface area contributed by atoms with Crippen molar-refractivity contribution in [1.82, 2.24) is 14.8 Å². The van der Waals surface area contributed by atoms with Gasteiger partial charge in [0.15, 0.2) is 0 Å². The number of carbonyl (C=O) groups excluding carboxylic acids is 1. The van der Waals surface area contributed by atoms with Crippen molar-refractivity contribution < 1.29 is 13.9 Å². The highest BCUT2D eigenvalue weighted by Gasteiger charge is 2.21. The molecule has 0 spiro atoms. The lowest BCUT2D eigenvalue weighted by molar-refractivity contribution is -0.117. The van der Waals surface area contributed by atoms with E-state index in [4.69, 9.17) is 14.1 Å². The Bertz CT molecular complexity index is 1070. The number of rotatable bonds is 9. The van der Waals surface area contributed by atoms with Crippen molar-refractivity contribution in [3.05, 3.63) is 66.2 Å². The van der Waals surface area contributed by atoms with Gasteiger partial charge < -0.3 is 14.5 Å². The van der Waals surface area contributed by atoms with Crippen LogP contribution in [0.15, 0.2) is 59.0 Å². The highest BCUT2D eigenvalue weighted by molar-refractivity contribution is 5.93. The van der Waals surface area contributed by atoms with Crippen LogP contribution in [0.1, 0.15) is 31.4 Å². The third-order valence-corrected chi connectivity index (χ3v) is 6.05. The molecular weight excluding hydrogens is 428 g/mol. The van der Waals surface area contributed by atoms with Gasteiger partial charge in [0.1, 0.15) is 17.2 Å². The topological polar surface area (TPSA) is 70.8 Å². The lowest BCUT2D eigenvalue weighted by Crippen LogP contribution is -2.36. The predicted molar refractivity (Wildman–Crippen MR) is 134 cm³/mol. The number of methoxy groups -OCH3 is 1. The fourth-order valence-electron chi connectivity index (χ4n) is 4.36. The summed E-state index contributed by atoms with van der Waals surface area (Å²) in [6.45, 7) is 6.74. The summed E-state index contributed by atoms with van der Waals surface area (Å²) >= 11 is 0. The highest BCUT2D eigenvalue weighted by atomic mass is 16.5. The fraction of sp³-hybridized carbons (Fsp3) is 0.407. The minimum Gasteiger partial charge on any atom is -0.495 e. The largest absolute Gasteiger partial charge is 0.495 e. The minimum absolute atomic E-state index is 0.0256. The second-order valence-corrected chi connectivity index (χ2v) is 8.65. The molecule has 0 radical (unpaired) electrons. The first-order valence-electron chi connectivity index (χ1n) is 12.1. The Labute approximate surface area is 201 Å². The maximum Gasteiger partial charge on any atom is 0.238 e. The van der Waals surface area contributed by atoms with E-state index in [0.29, 0.717) is 24.5 Å². The molecule has 2 heterocycles. The number of carbonyl (C=O) groups is 1. The quantitative estimate of drug-likeness (QED) is 0.507. The molecule has 4 rings (SSSR count). The van der Waals surface area contributed by atoms with Gasteiger partial charge in [0.2, 0.25) is 11.8 Å². The molecule has 7 heteroatoms. The second-order valence-electron chi connectivity index (χ2n) is 8.65. The maximum atomic E-state index is 12.6. The molecule has 7 nitrogen and oxygen atoms in total. The molecule has 180 valence electrons. The van der Waals surface area contributed by atoms with Crippen LogP contribution in [0, 0.1) is 0 Å². The Morgan fingerprint density at radius 1 is 1.03 bits per heavy atom. The molecule has 3 aromatic rings. The van der Waals surface area contributed by atoms with Gasteiger partial charge in [-0.2, -0.15) is 0 Å². The van der Waals surface area contributed by atoms with Crippen molar-refractivity contribution >= 4 is 11.6 Å². The molecule has 0 atom stereocenters. The summed E-state index contributed by atoms with van der Waals surface area (Å²) in [6.07, 6.45) is 2.90. The van der Waals surface area contributed by atoms with Crippen LogP contribution >= 0.6 is 0 Å². The molecule has 1 saturated heterocycles. The first kappa shape index (κ1) is 24.0. The smallest absolute Gasteiger partial charge is 0.238 e. The van der Waals surface area contributed by atoms with Gasteiger partial charge in [0.25, 0.3) is 0 Å². The average molecular weight is 463 g/mol. The molecule has 0 unspecified atom stereocenters. The van der Waals surface area contributed by atoms with Crippen LogP contribution in [0.3, 0.4) is 0 Å². The Hall–Kier alpha value is -3.16. The molecule has 1 fully saturated rings. The van der Waals surface area contributed by atoms with Gasteiger partial charge >= 0.3 is 0 Å². The summed E-state index contributed by atoms with van der Waals surface area (Å²) in [6, 6.07) is 17.7. The Morgan fingerprint density at radius 3 is 2.56 bits per heavy atom. The molecule has 1 aromatic heterocycles. The first-order chi connectivity index (χ1) is 16.7. The van der Waals surface area contributed by atoms with Gasteiger partial charge in [0, 0.05) is 25.1 Å². The maximum absolute atomic E-state index is 12.6. The van der Waals surface area contributed by atoms with Gasteiger partial charge in [-0.05, 0) is 38.1 Å². The highest BCUT2D eigenvalue weighted by Crippen LogP contribution is 2.26. The van der Waals surface area contributed by atoms with Crippen molar-refractivity contribution in [2.24, 2.45) is 0 Å². The molecule has 1 aliphatic rings. The van der Waals surface area contributed by atoms with E-state index in [0.717, 1.165) is 68.3 Å². The first-order valence-corrected chi connectivity index (χ1v) is 12.1. The average Bonchev–Trinajstić information content (AvgIpc) is 3.12. The molecule has 0 bridgehead atoms. The number of amides is 1. The van der Waals surface area contributed by atoms with Gasteiger partial charge in [0.05, 0.1) is 25.9 Å². The zero-order valence-corrected chi connectivity index (χ0v) is 20.1. The molecule has 0 saturated carbocycles. The Morgan fingerprint density at radius 2 is 1.76 bits per heavy atom. The van der Waals surface area contributed by atoms with Crippen molar-refractivity contribution in [2.75, 3.05) is 45.2 Å². The van der Waals surface area contributed by atoms with E-state index in [-0.39, 0.29) is 5.91 Å². The van der Waals surface area contributed by atoms with Crippen molar-refractivity contribution in [1.29, 1.82) is 0 Å². The molecule has 1 aliphatic heterocycles. The number of nitrogens with one attached hydrogen (secondary N) is 1. The van der Waals surface area contributed by atoms with Crippen LogP contribution in [0.25, 0.3) is 11.3 Å². The molecule has 0 aliphatic carbocycles. The van der Waals surface area contributed by atoms with Crippen molar-refractivity contribution in [3.8, 4) is 17.0 Å². The minimum atomic E-state index is -0.0256. The number of para-hydroxylation sites is 2. The van der Waals surface area contributed by atoms with Crippen LogP contribution in [0.5, 0.6) is 5.75 Å². The summed E-state index contributed by atoms with van der Waals surface area (Å²) in [5.74, 6) is 2.38. The van der Waals surface area contributed by atoms with E-state index in [9.17, 15) is 4.79 Å². The number of aromatic nitrogens is 1. The number of oxazole rings is 1. The second kappa shape index (κ2) is 11.8. The van der Waals surface area contributed by atoms with Gasteiger partial charge in [-0.15, -0.1) is 0 Å². The fourth-order valence-corrected chi connectivity index (χ4v) is 4.36. The Balaban J connectivity index is 1.33. The summed E-state index contributed by atoms with van der Waals surface area (Å²) in [5, 5.41) is 2.97. The molecular formula is C27H34N4O3. The summed E-state index contributed by atoms with van der Waals surface area (Å²) in [4.78, 5) is 22.1. The molecule has 1 N–H and O–H groups in total. The van der Waals surface area contributed by atoms with E-state index >= 15 is 0 Å². The predicted octanol–water partition coefficient (Wildman–Crippen LogP) is 4.45. The summed E-state index contributed by atoms with van der Waals surface area (Å²) in [7, 11) is 1.61. The zero-order valence-electron chi connectivity index (χ0n) is 20.1. The standard InChI is InChI=1S/C27H34N4O3/c1-3-10-24-27(21-11-5-4-6-12-21)29-26(34-24)20-31-16-9-15-30(17-18-31)19-25(32)28-22-13-7-8-14-23(22)33-2/h4-8,11-14H,3,9-10,15-20H2,1-2H3,(H,28,32). The van der Waals surface area contributed by atoms with Crippen LogP contribution < -0.4 is 10.1 Å². The molecule has 34 heavy (non-hydrogen) atoms. The number of aryl methyl sites for hydroxylation is 1. The van der Waals surface area contributed by atoms with Crippen molar-refractivity contribution in [2.45, 2.75) is 32.7 Å².